The molecule has 2 rings (SSSR count). The van der Waals surface area contributed by atoms with Crippen molar-refractivity contribution >= 4 is 23.6 Å². The minimum atomic E-state index is -1.75. The lowest BCUT2D eigenvalue weighted by Gasteiger charge is -2.25. The van der Waals surface area contributed by atoms with Gasteiger partial charge in [-0.1, -0.05) is 55.5 Å². The molecule has 0 spiro atoms. The van der Waals surface area contributed by atoms with E-state index in [0.29, 0.717) is 11.1 Å². The summed E-state index contributed by atoms with van der Waals surface area (Å²) in [5, 5.41) is 25.0. The minimum Gasteiger partial charge on any atom is -0.480 e. The Morgan fingerprint density at radius 2 is 1.48 bits per heavy atom. The van der Waals surface area contributed by atoms with Crippen LogP contribution in [0, 0.1) is 0 Å². The number of hydrogen-bond acceptors (Lipinski definition) is 5. The molecule has 0 saturated carbocycles. The van der Waals surface area contributed by atoms with Crippen LogP contribution in [-0.4, -0.2) is 45.9 Å². The number of aliphatic hydroxyl groups is 1. The van der Waals surface area contributed by atoms with Gasteiger partial charge in [0.1, 0.15) is 11.8 Å². The second-order valence-electron chi connectivity index (χ2n) is 7.00. The van der Waals surface area contributed by atoms with Gasteiger partial charge in [-0.3, -0.25) is 14.4 Å². The highest BCUT2D eigenvalue weighted by Gasteiger charge is 2.32. The molecule has 0 aromatic heterocycles. The maximum atomic E-state index is 12.6. The monoisotopic (exact) mass is 426 g/mol. The van der Waals surface area contributed by atoms with Gasteiger partial charge >= 0.3 is 5.97 Å². The maximum Gasteiger partial charge on any atom is 0.326 e. The molecule has 0 aliphatic heterocycles. The Kier molecular flexibility index (Phi) is 8.90. The molecule has 0 aliphatic rings. The van der Waals surface area contributed by atoms with E-state index >= 15 is 0 Å². The van der Waals surface area contributed by atoms with E-state index in [2.05, 4.69) is 10.6 Å². The fourth-order valence-electron chi connectivity index (χ4n) is 2.97. The number of nitrogens with one attached hydrogen (secondary N) is 2. The first-order valence-electron chi connectivity index (χ1n) is 9.97. The van der Waals surface area contributed by atoms with Crippen molar-refractivity contribution in [2.75, 3.05) is 0 Å². The van der Waals surface area contributed by atoms with E-state index in [1.54, 1.807) is 67.6 Å². The van der Waals surface area contributed by atoms with Crippen LogP contribution in [0.25, 0.3) is 0 Å². The van der Waals surface area contributed by atoms with Gasteiger partial charge in [0.25, 0.3) is 11.8 Å². The molecule has 3 atom stereocenters. The number of Topliss-reactive ketones (excluding diaryl/α,β-unsaturated/α-hetero) is 1. The van der Waals surface area contributed by atoms with Crippen LogP contribution in [0.1, 0.15) is 48.1 Å². The third kappa shape index (κ3) is 7.04. The average molecular weight is 426 g/mol. The maximum absolute atomic E-state index is 12.6. The van der Waals surface area contributed by atoms with Gasteiger partial charge < -0.3 is 20.8 Å². The highest BCUT2D eigenvalue weighted by molar-refractivity contribution is 5.95. The van der Waals surface area contributed by atoms with Crippen LogP contribution in [0.15, 0.2) is 60.7 Å². The normalized spacial score (nSPS) is 13.5. The SMILES string of the molecule is CCC(=O)CC[C@H](NC(=O)[C@H](O)[C@@H](NC(=O)c1ccccc1)c1ccccc1)C(=O)O. The second kappa shape index (κ2) is 11.6. The van der Waals surface area contributed by atoms with Crippen molar-refractivity contribution in [3.05, 3.63) is 71.8 Å². The zero-order valence-electron chi connectivity index (χ0n) is 17.2. The van der Waals surface area contributed by atoms with Crippen LogP contribution in [-0.2, 0) is 14.4 Å². The predicted octanol–water partition coefficient (Wildman–Crippen LogP) is 1.85. The number of rotatable bonds is 11. The van der Waals surface area contributed by atoms with Gasteiger partial charge in [0.05, 0.1) is 6.04 Å². The number of amides is 2. The summed E-state index contributed by atoms with van der Waals surface area (Å²) < 4.78 is 0. The summed E-state index contributed by atoms with van der Waals surface area (Å²) in [4.78, 5) is 48.2. The van der Waals surface area contributed by atoms with Gasteiger partial charge in [0.15, 0.2) is 6.10 Å². The van der Waals surface area contributed by atoms with Crippen LogP contribution < -0.4 is 10.6 Å². The van der Waals surface area contributed by atoms with E-state index in [9.17, 15) is 29.4 Å². The number of carbonyl (C=O) groups is 4. The highest BCUT2D eigenvalue weighted by atomic mass is 16.4. The van der Waals surface area contributed by atoms with Gasteiger partial charge in [0.2, 0.25) is 0 Å². The van der Waals surface area contributed by atoms with Crippen LogP contribution in [0.4, 0.5) is 0 Å². The molecular formula is C23H26N2O6. The van der Waals surface area contributed by atoms with Crippen LogP contribution in [0.3, 0.4) is 0 Å². The Morgan fingerprint density at radius 1 is 0.903 bits per heavy atom. The lowest BCUT2D eigenvalue weighted by Crippen LogP contribution is -2.50. The van der Waals surface area contributed by atoms with Gasteiger partial charge in [0, 0.05) is 18.4 Å². The van der Waals surface area contributed by atoms with E-state index in [1.165, 1.54) is 0 Å². The van der Waals surface area contributed by atoms with Crippen molar-refractivity contribution in [1.29, 1.82) is 0 Å². The molecule has 164 valence electrons. The summed E-state index contributed by atoms with van der Waals surface area (Å²) in [5.41, 5.74) is 0.819. The van der Waals surface area contributed by atoms with E-state index in [0.717, 1.165) is 0 Å². The summed E-state index contributed by atoms with van der Waals surface area (Å²) in [7, 11) is 0. The fraction of sp³-hybridized carbons (Fsp3) is 0.304. The minimum absolute atomic E-state index is 0.00327. The smallest absolute Gasteiger partial charge is 0.326 e. The molecule has 8 nitrogen and oxygen atoms in total. The zero-order chi connectivity index (χ0) is 22.8. The van der Waals surface area contributed by atoms with Crippen molar-refractivity contribution in [3.8, 4) is 0 Å². The Labute approximate surface area is 180 Å². The molecule has 0 saturated heterocycles. The van der Waals surface area contributed by atoms with Crippen molar-refractivity contribution in [3.63, 3.8) is 0 Å². The summed E-state index contributed by atoms with van der Waals surface area (Å²) in [6, 6.07) is 14.3. The molecule has 31 heavy (non-hydrogen) atoms. The van der Waals surface area contributed by atoms with Gasteiger partial charge in [-0.15, -0.1) is 0 Å². The number of carboxylic acid groups (broad SMARTS) is 1. The summed E-state index contributed by atoms with van der Waals surface area (Å²) in [5.74, 6) is -2.89. The largest absolute Gasteiger partial charge is 0.480 e. The number of aliphatic hydroxyl groups excluding tert-OH is 1. The van der Waals surface area contributed by atoms with Gasteiger partial charge in [-0.25, -0.2) is 4.79 Å². The molecule has 0 heterocycles. The molecule has 0 radical (unpaired) electrons. The molecule has 2 amide bonds. The molecule has 4 N–H and O–H groups in total. The third-order valence-electron chi connectivity index (χ3n) is 4.79. The number of carboxylic acids is 1. The molecule has 0 bridgehead atoms. The van der Waals surface area contributed by atoms with Gasteiger partial charge in [-0.05, 0) is 24.1 Å². The molecule has 2 aromatic rings. The van der Waals surface area contributed by atoms with E-state index in [-0.39, 0.29) is 25.0 Å². The number of carbonyl (C=O) groups excluding carboxylic acids is 3. The molecule has 0 fully saturated rings. The fourth-order valence-corrected chi connectivity index (χ4v) is 2.97. The first-order chi connectivity index (χ1) is 14.8. The molecule has 0 unspecified atom stereocenters. The lowest BCUT2D eigenvalue weighted by atomic mass is 9.99. The van der Waals surface area contributed by atoms with Crippen LogP contribution >= 0.6 is 0 Å². The van der Waals surface area contributed by atoms with Crippen molar-refractivity contribution in [1.82, 2.24) is 10.6 Å². The quantitative estimate of drug-likeness (QED) is 0.433. The summed E-state index contributed by atoms with van der Waals surface area (Å²) >= 11 is 0. The molecular weight excluding hydrogens is 400 g/mol. The van der Waals surface area contributed by atoms with E-state index < -0.39 is 36.0 Å². The van der Waals surface area contributed by atoms with Crippen LogP contribution in [0.5, 0.6) is 0 Å². The number of aliphatic carboxylic acids is 1. The number of benzene rings is 2. The summed E-state index contributed by atoms with van der Waals surface area (Å²) in [6.45, 7) is 1.67. The highest BCUT2D eigenvalue weighted by Crippen LogP contribution is 2.19. The summed E-state index contributed by atoms with van der Waals surface area (Å²) in [6.07, 6.45) is -1.58. The molecule has 8 heteroatoms. The number of hydrogen-bond donors (Lipinski definition) is 4. The molecule has 0 aliphatic carbocycles. The Hall–Kier alpha value is -3.52. The first-order valence-corrected chi connectivity index (χ1v) is 9.97. The van der Waals surface area contributed by atoms with Crippen LogP contribution in [0.2, 0.25) is 0 Å². The van der Waals surface area contributed by atoms with Crippen molar-refractivity contribution in [2.24, 2.45) is 0 Å². The lowest BCUT2D eigenvalue weighted by molar-refractivity contribution is -0.144. The number of ketones is 1. The average Bonchev–Trinajstić information content (AvgIpc) is 2.80. The Bertz CT molecular complexity index is 901. The van der Waals surface area contributed by atoms with E-state index in [4.69, 9.17) is 0 Å². The Balaban J connectivity index is 2.18. The van der Waals surface area contributed by atoms with Crippen molar-refractivity contribution in [2.45, 2.75) is 44.4 Å². The topological polar surface area (TPSA) is 133 Å². The van der Waals surface area contributed by atoms with Crippen molar-refractivity contribution < 1.29 is 29.4 Å². The standard InChI is InChI=1S/C23H26N2O6/c1-2-17(26)13-14-18(23(30)31)24-22(29)20(27)19(15-9-5-3-6-10-15)25-21(28)16-11-7-4-8-12-16/h3-12,18-20,27H,2,13-14H2,1H3,(H,24,29)(H,25,28)(H,30,31)/t18-,19-,20+/m0/s1. The second-order valence-corrected chi connectivity index (χ2v) is 7.00. The molecule has 2 aromatic carbocycles. The van der Waals surface area contributed by atoms with Gasteiger partial charge in [-0.2, -0.15) is 0 Å². The predicted molar refractivity (Wildman–Crippen MR) is 113 cm³/mol. The third-order valence-corrected chi connectivity index (χ3v) is 4.79. The Morgan fingerprint density at radius 3 is 2.03 bits per heavy atom. The van der Waals surface area contributed by atoms with E-state index in [1.807, 2.05) is 0 Å². The first kappa shape index (κ1) is 23.8. The zero-order valence-corrected chi connectivity index (χ0v) is 17.2.